The van der Waals surface area contributed by atoms with Crippen LogP contribution in [-0.2, 0) is 0 Å². The molecule has 0 bridgehead atoms. The number of nitrogens with zero attached hydrogens (tertiary/aromatic N) is 1. The zero-order valence-corrected chi connectivity index (χ0v) is 13.1. The quantitative estimate of drug-likeness (QED) is 0.734. The number of benzene rings is 1. The van der Waals surface area contributed by atoms with E-state index < -0.39 is 0 Å². The van der Waals surface area contributed by atoms with Crippen LogP contribution in [0.25, 0.3) is 0 Å². The normalized spacial score (nSPS) is 19.0. The zero-order valence-electron chi connectivity index (χ0n) is 10.1. The minimum absolute atomic E-state index is 0. The molecule has 4 nitrogen and oxygen atoms in total. The fraction of sp³-hybridized carbons (Fsp3) is 0.417. The molecule has 6 heteroatoms. The first kappa shape index (κ1) is 15.5. The second-order valence-corrected chi connectivity index (χ2v) is 5.48. The molecule has 18 heavy (non-hydrogen) atoms. The largest absolute Gasteiger partial charge is 0.322 e. The topological polar surface area (TPSA) is 44.4 Å². The number of carbonyl (C=O) groups excluding carboxylic acids is 1. The second-order valence-electron chi connectivity index (χ2n) is 4.24. The van der Waals surface area contributed by atoms with Gasteiger partial charge in [-0.15, -0.1) is 12.4 Å². The van der Waals surface area contributed by atoms with Crippen LogP contribution in [0, 0.1) is 3.57 Å². The van der Waals surface area contributed by atoms with E-state index in [-0.39, 0.29) is 18.4 Å². The van der Waals surface area contributed by atoms with Gasteiger partial charge in [0.2, 0.25) is 0 Å². The van der Waals surface area contributed by atoms with Crippen molar-refractivity contribution in [3.8, 4) is 0 Å². The monoisotopic (exact) mass is 381 g/mol. The van der Waals surface area contributed by atoms with Gasteiger partial charge in [0.05, 0.1) is 0 Å². The molecule has 0 aliphatic carbocycles. The molecule has 0 radical (unpaired) electrons. The van der Waals surface area contributed by atoms with Crippen LogP contribution < -0.4 is 10.6 Å². The average Bonchev–Trinajstić information content (AvgIpc) is 2.32. The first-order valence-corrected chi connectivity index (χ1v) is 6.78. The molecule has 0 saturated carbocycles. The summed E-state index contributed by atoms with van der Waals surface area (Å²) in [5.41, 5.74) is 0.849. The van der Waals surface area contributed by atoms with Crippen molar-refractivity contribution >= 4 is 46.7 Å². The highest BCUT2D eigenvalue weighted by atomic mass is 127. The molecule has 1 heterocycles. The maximum atomic E-state index is 12.0. The summed E-state index contributed by atoms with van der Waals surface area (Å²) in [4.78, 5) is 13.8. The first-order chi connectivity index (χ1) is 8.15. The number of amides is 2. The Morgan fingerprint density at radius 3 is 2.72 bits per heavy atom. The summed E-state index contributed by atoms with van der Waals surface area (Å²) < 4.78 is 1.16. The highest BCUT2D eigenvalue weighted by Crippen LogP contribution is 2.12. The van der Waals surface area contributed by atoms with E-state index in [0.717, 1.165) is 28.9 Å². The maximum absolute atomic E-state index is 12.0. The van der Waals surface area contributed by atoms with Gasteiger partial charge in [-0.1, -0.05) is 0 Å². The summed E-state index contributed by atoms with van der Waals surface area (Å²) in [5, 5.41) is 6.23. The highest BCUT2D eigenvalue weighted by molar-refractivity contribution is 14.1. The Hall–Kier alpha value is -0.530. The van der Waals surface area contributed by atoms with Crippen molar-refractivity contribution in [3.05, 3.63) is 27.8 Å². The lowest BCUT2D eigenvalue weighted by atomic mass is 10.2. The minimum Gasteiger partial charge on any atom is -0.322 e. The van der Waals surface area contributed by atoms with Gasteiger partial charge >= 0.3 is 6.03 Å². The van der Waals surface area contributed by atoms with Crippen LogP contribution in [0.15, 0.2) is 24.3 Å². The molecule has 100 valence electrons. The second kappa shape index (κ2) is 7.16. The van der Waals surface area contributed by atoms with E-state index in [4.69, 9.17) is 0 Å². The van der Waals surface area contributed by atoms with Crippen LogP contribution in [0.1, 0.15) is 6.92 Å². The van der Waals surface area contributed by atoms with Gasteiger partial charge in [-0.05, 0) is 53.8 Å². The fourth-order valence-corrected chi connectivity index (χ4v) is 2.21. The Morgan fingerprint density at radius 2 is 2.11 bits per heavy atom. The third-order valence-electron chi connectivity index (χ3n) is 2.75. The Labute approximate surface area is 127 Å². The summed E-state index contributed by atoms with van der Waals surface area (Å²) in [6.07, 6.45) is 0. The molecular weight excluding hydrogens is 365 g/mol. The number of hydrogen-bond donors (Lipinski definition) is 2. The third-order valence-corrected chi connectivity index (χ3v) is 3.47. The molecule has 2 amide bonds. The average molecular weight is 382 g/mol. The van der Waals surface area contributed by atoms with E-state index >= 15 is 0 Å². The number of hydrogen-bond acceptors (Lipinski definition) is 2. The molecule has 1 aliphatic heterocycles. The van der Waals surface area contributed by atoms with Gasteiger partial charge in [0, 0.05) is 34.9 Å². The number of nitrogens with one attached hydrogen (secondary N) is 2. The fourth-order valence-electron chi connectivity index (χ4n) is 1.85. The summed E-state index contributed by atoms with van der Waals surface area (Å²) in [6.45, 7) is 4.47. The van der Waals surface area contributed by atoms with Crippen LogP contribution in [0.5, 0.6) is 0 Å². The van der Waals surface area contributed by atoms with Crippen molar-refractivity contribution in [1.82, 2.24) is 10.2 Å². The molecule has 1 atom stereocenters. The Morgan fingerprint density at radius 1 is 1.44 bits per heavy atom. The molecule has 2 N–H and O–H groups in total. The molecule has 1 aliphatic rings. The highest BCUT2D eigenvalue weighted by Gasteiger charge is 2.20. The van der Waals surface area contributed by atoms with Gasteiger partial charge in [0.15, 0.2) is 0 Å². The lowest BCUT2D eigenvalue weighted by Gasteiger charge is -2.31. The van der Waals surface area contributed by atoms with Crippen LogP contribution in [0.4, 0.5) is 10.5 Å². The SMILES string of the molecule is C[C@@H]1CN(C(=O)Nc2ccc(I)cc2)CCN1.Cl. The Bertz CT molecular complexity index is 399. The van der Waals surface area contributed by atoms with Crippen LogP contribution in [0.3, 0.4) is 0 Å². The first-order valence-electron chi connectivity index (χ1n) is 5.70. The number of carbonyl (C=O) groups is 1. The van der Waals surface area contributed by atoms with Gasteiger partial charge in [-0.25, -0.2) is 4.79 Å². The number of halogens is 2. The van der Waals surface area contributed by atoms with E-state index in [9.17, 15) is 4.79 Å². The number of urea groups is 1. The van der Waals surface area contributed by atoms with Gasteiger partial charge in [0.1, 0.15) is 0 Å². The van der Waals surface area contributed by atoms with E-state index in [1.54, 1.807) is 0 Å². The van der Waals surface area contributed by atoms with Gasteiger partial charge in [0.25, 0.3) is 0 Å². The molecule has 1 aromatic rings. The lowest BCUT2D eigenvalue weighted by molar-refractivity contribution is 0.192. The molecule has 1 saturated heterocycles. The van der Waals surface area contributed by atoms with Gasteiger partial charge in [-0.3, -0.25) is 0 Å². The molecular formula is C12H17ClIN3O. The summed E-state index contributed by atoms with van der Waals surface area (Å²) >= 11 is 2.24. The van der Waals surface area contributed by atoms with E-state index in [1.807, 2.05) is 29.2 Å². The molecule has 2 rings (SSSR count). The standard InChI is InChI=1S/C12H16IN3O.ClH/c1-9-8-16(7-6-14-9)12(17)15-11-4-2-10(13)3-5-11;/h2-5,9,14H,6-8H2,1H3,(H,15,17);1H/t9-;/m1./s1. The third kappa shape index (κ3) is 4.29. The number of anilines is 1. The zero-order chi connectivity index (χ0) is 12.3. The Balaban J connectivity index is 0.00000162. The maximum Gasteiger partial charge on any atom is 0.321 e. The molecule has 1 fully saturated rings. The lowest BCUT2D eigenvalue weighted by Crippen LogP contribution is -2.52. The predicted octanol–water partition coefficient (Wildman–Crippen LogP) is 2.54. The van der Waals surface area contributed by atoms with Crippen molar-refractivity contribution < 1.29 is 4.79 Å². The van der Waals surface area contributed by atoms with Gasteiger partial charge in [-0.2, -0.15) is 0 Å². The smallest absolute Gasteiger partial charge is 0.321 e. The molecule has 0 spiro atoms. The van der Waals surface area contributed by atoms with Crippen LogP contribution >= 0.6 is 35.0 Å². The molecule has 0 unspecified atom stereocenters. The summed E-state index contributed by atoms with van der Waals surface area (Å²) in [7, 11) is 0. The molecule has 1 aromatic carbocycles. The predicted molar refractivity (Wildman–Crippen MR) is 84.5 cm³/mol. The van der Waals surface area contributed by atoms with Gasteiger partial charge < -0.3 is 15.5 Å². The summed E-state index contributed by atoms with van der Waals surface area (Å²) in [5.74, 6) is 0. The van der Waals surface area contributed by atoms with E-state index in [0.29, 0.717) is 6.04 Å². The number of rotatable bonds is 1. The van der Waals surface area contributed by atoms with Crippen molar-refractivity contribution in [2.45, 2.75) is 13.0 Å². The van der Waals surface area contributed by atoms with Crippen molar-refractivity contribution in [3.63, 3.8) is 0 Å². The van der Waals surface area contributed by atoms with Crippen LogP contribution in [0.2, 0.25) is 0 Å². The van der Waals surface area contributed by atoms with Crippen LogP contribution in [-0.4, -0.2) is 36.6 Å². The van der Waals surface area contributed by atoms with E-state index in [2.05, 4.69) is 40.1 Å². The van der Waals surface area contributed by atoms with Crippen molar-refractivity contribution in [2.24, 2.45) is 0 Å². The number of piperazine rings is 1. The summed E-state index contributed by atoms with van der Waals surface area (Å²) in [6, 6.07) is 8.16. The van der Waals surface area contributed by atoms with E-state index in [1.165, 1.54) is 0 Å². The molecule has 0 aromatic heterocycles. The minimum atomic E-state index is -0.0143. The van der Waals surface area contributed by atoms with Crippen molar-refractivity contribution in [1.29, 1.82) is 0 Å². The Kier molecular flexibility index (Phi) is 6.17. The van der Waals surface area contributed by atoms with Crippen molar-refractivity contribution in [2.75, 3.05) is 25.0 Å².